The van der Waals surface area contributed by atoms with E-state index in [9.17, 15) is 14.4 Å². The lowest BCUT2D eigenvalue weighted by Crippen LogP contribution is -2.40. The van der Waals surface area contributed by atoms with Crippen molar-refractivity contribution in [3.8, 4) is 0 Å². The zero-order valence-corrected chi connectivity index (χ0v) is 12.3. The summed E-state index contributed by atoms with van der Waals surface area (Å²) >= 11 is 5.42. The van der Waals surface area contributed by atoms with E-state index in [2.05, 4.69) is 12.2 Å². The number of carbonyl (C=O) groups is 3. The molecule has 0 saturated carbocycles. The Morgan fingerprint density at radius 3 is 2.55 bits per heavy atom. The molecule has 1 unspecified atom stereocenters. The zero-order valence-electron chi connectivity index (χ0n) is 11.6. The maximum Gasteiger partial charge on any atom is 0.407 e. The SMILES string of the molecule is CCCCCCOC(=O)NC(/C=C/C(N)=O)C(=O)CCl. The summed E-state index contributed by atoms with van der Waals surface area (Å²) in [6, 6.07) is -1.01. The van der Waals surface area contributed by atoms with E-state index in [1.165, 1.54) is 6.08 Å². The molecule has 0 aromatic heterocycles. The number of amides is 2. The molecule has 0 aliphatic rings. The van der Waals surface area contributed by atoms with Crippen molar-refractivity contribution in [1.29, 1.82) is 0 Å². The number of carbonyl (C=O) groups excluding carboxylic acids is 3. The first-order chi connectivity index (χ1) is 9.51. The number of alkyl halides is 1. The number of hydrogen-bond donors (Lipinski definition) is 2. The Labute approximate surface area is 123 Å². The third-order valence-electron chi connectivity index (χ3n) is 2.44. The first-order valence-corrected chi connectivity index (χ1v) is 7.04. The monoisotopic (exact) mass is 304 g/mol. The largest absolute Gasteiger partial charge is 0.450 e. The molecule has 0 spiro atoms. The van der Waals surface area contributed by atoms with Crippen molar-refractivity contribution in [2.75, 3.05) is 12.5 Å². The highest BCUT2D eigenvalue weighted by Gasteiger charge is 2.17. The second kappa shape index (κ2) is 11.3. The van der Waals surface area contributed by atoms with Crippen molar-refractivity contribution in [2.45, 2.75) is 38.6 Å². The van der Waals surface area contributed by atoms with Crippen LogP contribution in [0.4, 0.5) is 4.79 Å². The summed E-state index contributed by atoms with van der Waals surface area (Å²) in [6.07, 6.45) is 5.39. The fourth-order valence-electron chi connectivity index (χ4n) is 1.37. The summed E-state index contributed by atoms with van der Waals surface area (Å²) in [5.41, 5.74) is 4.93. The molecule has 0 aliphatic carbocycles. The lowest BCUT2D eigenvalue weighted by atomic mass is 10.2. The quantitative estimate of drug-likeness (QED) is 0.363. The summed E-state index contributed by atoms with van der Waals surface area (Å²) in [6.45, 7) is 2.37. The van der Waals surface area contributed by atoms with Gasteiger partial charge in [0, 0.05) is 6.08 Å². The molecule has 0 heterocycles. The van der Waals surface area contributed by atoms with Crippen molar-refractivity contribution in [3.05, 3.63) is 12.2 Å². The number of hydrogen-bond acceptors (Lipinski definition) is 4. The second-order valence-corrected chi connectivity index (χ2v) is 4.45. The molecule has 0 aromatic carbocycles. The van der Waals surface area contributed by atoms with Gasteiger partial charge in [0.15, 0.2) is 5.78 Å². The van der Waals surface area contributed by atoms with Gasteiger partial charge in [-0.25, -0.2) is 4.79 Å². The Balaban J connectivity index is 4.19. The molecule has 0 saturated heterocycles. The van der Waals surface area contributed by atoms with E-state index in [1.807, 2.05) is 0 Å². The van der Waals surface area contributed by atoms with E-state index in [1.54, 1.807) is 0 Å². The maximum absolute atomic E-state index is 11.5. The highest BCUT2D eigenvalue weighted by Crippen LogP contribution is 2.00. The van der Waals surface area contributed by atoms with Crippen molar-refractivity contribution in [3.63, 3.8) is 0 Å². The predicted octanol–water partition coefficient (Wildman–Crippen LogP) is 1.51. The number of primary amides is 1. The van der Waals surface area contributed by atoms with Crippen LogP contribution < -0.4 is 11.1 Å². The van der Waals surface area contributed by atoms with Gasteiger partial charge in [0.25, 0.3) is 0 Å². The predicted molar refractivity (Wildman–Crippen MR) is 76.5 cm³/mol. The molecule has 1 atom stereocenters. The number of Topliss-reactive ketones (excluding diaryl/α,β-unsaturated/α-hetero) is 1. The molecular formula is C13H21ClN2O4. The molecule has 6 nitrogen and oxygen atoms in total. The number of alkyl carbamates (subject to hydrolysis) is 1. The van der Waals surface area contributed by atoms with Crippen molar-refractivity contribution < 1.29 is 19.1 Å². The van der Waals surface area contributed by atoms with Gasteiger partial charge in [-0.3, -0.25) is 9.59 Å². The number of nitrogens with one attached hydrogen (secondary N) is 1. The number of halogens is 1. The van der Waals surface area contributed by atoms with Crippen LogP contribution in [0.3, 0.4) is 0 Å². The summed E-state index contributed by atoms with van der Waals surface area (Å²) in [7, 11) is 0. The molecular weight excluding hydrogens is 284 g/mol. The van der Waals surface area contributed by atoms with E-state index in [0.717, 1.165) is 31.8 Å². The molecule has 3 N–H and O–H groups in total. The molecule has 2 amide bonds. The van der Waals surface area contributed by atoms with Crippen LogP contribution in [0, 0.1) is 0 Å². The lowest BCUT2D eigenvalue weighted by Gasteiger charge is -2.12. The first kappa shape index (κ1) is 18.4. The van der Waals surface area contributed by atoms with Gasteiger partial charge >= 0.3 is 6.09 Å². The maximum atomic E-state index is 11.5. The van der Waals surface area contributed by atoms with E-state index in [-0.39, 0.29) is 12.5 Å². The Kier molecular flexibility index (Phi) is 10.4. The van der Waals surface area contributed by atoms with Crippen molar-refractivity contribution >= 4 is 29.4 Å². The van der Waals surface area contributed by atoms with Gasteiger partial charge in [0.05, 0.1) is 12.5 Å². The lowest BCUT2D eigenvalue weighted by molar-refractivity contribution is -0.117. The van der Waals surface area contributed by atoms with Crippen molar-refractivity contribution in [2.24, 2.45) is 5.73 Å². The Morgan fingerprint density at radius 1 is 1.30 bits per heavy atom. The van der Waals surface area contributed by atoms with E-state index >= 15 is 0 Å². The molecule has 7 heteroatoms. The normalized spacial score (nSPS) is 12.1. The summed E-state index contributed by atoms with van der Waals surface area (Å²) < 4.78 is 4.93. The minimum atomic E-state index is -1.01. The summed E-state index contributed by atoms with van der Waals surface area (Å²) in [4.78, 5) is 33.6. The van der Waals surface area contributed by atoms with Crippen LogP contribution >= 0.6 is 11.6 Å². The fraction of sp³-hybridized carbons (Fsp3) is 0.615. The van der Waals surface area contributed by atoms with Crippen LogP contribution in [-0.2, 0) is 14.3 Å². The number of unbranched alkanes of at least 4 members (excludes halogenated alkanes) is 3. The molecule has 20 heavy (non-hydrogen) atoms. The molecule has 0 aliphatic heterocycles. The highest BCUT2D eigenvalue weighted by atomic mass is 35.5. The third kappa shape index (κ3) is 9.38. The Morgan fingerprint density at radius 2 is 2.00 bits per heavy atom. The Hall–Kier alpha value is -1.56. The first-order valence-electron chi connectivity index (χ1n) is 6.50. The highest BCUT2D eigenvalue weighted by molar-refractivity contribution is 6.28. The van der Waals surface area contributed by atoms with Crippen LogP contribution in [0.2, 0.25) is 0 Å². The molecule has 114 valence electrons. The Bertz CT molecular complexity index is 358. The number of ether oxygens (including phenoxy) is 1. The second-order valence-electron chi connectivity index (χ2n) is 4.18. The van der Waals surface area contributed by atoms with Gasteiger partial charge in [-0.15, -0.1) is 11.6 Å². The topological polar surface area (TPSA) is 98.5 Å². The summed E-state index contributed by atoms with van der Waals surface area (Å²) in [5, 5.41) is 2.32. The smallest absolute Gasteiger partial charge is 0.407 e. The summed E-state index contributed by atoms with van der Waals surface area (Å²) in [5.74, 6) is -1.45. The van der Waals surface area contributed by atoms with Crippen LogP contribution in [0.1, 0.15) is 32.6 Å². The average Bonchev–Trinajstić information content (AvgIpc) is 2.42. The third-order valence-corrected chi connectivity index (χ3v) is 2.70. The molecule has 0 aromatic rings. The number of rotatable bonds is 10. The minimum absolute atomic E-state index is 0.285. The molecule has 0 fully saturated rings. The van der Waals surface area contributed by atoms with Crippen molar-refractivity contribution in [1.82, 2.24) is 5.32 Å². The van der Waals surface area contributed by atoms with Crippen LogP contribution in [0.5, 0.6) is 0 Å². The van der Waals surface area contributed by atoms with Gasteiger partial charge in [-0.2, -0.15) is 0 Å². The van der Waals surface area contributed by atoms with Gasteiger partial charge in [0.1, 0.15) is 6.04 Å². The van der Waals surface area contributed by atoms with Gasteiger partial charge in [-0.05, 0) is 12.5 Å². The van der Waals surface area contributed by atoms with E-state index in [4.69, 9.17) is 22.1 Å². The molecule has 0 rings (SSSR count). The van der Waals surface area contributed by atoms with Gasteiger partial charge < -0.3 is 15.8 Å². The average molecular weight is 305 g/mol. The van der Waals surface area contributed by atoms with Gasteiger partial charge in [-0.1, -0.05) is 26.2 Å². The zero-order chi connectivity index (χ0) is 15.4. The van der Waals surface area contributed by atoms with E-state index < -0.39 is 23.8 Å². The molecule has 0 bridgehead atoms. The van der Waals surface area contributed by atoms with Crippen LogP contribution in [0.15, 0.2) is 12.2 Å². The van der Waals surface area contributed by atoms with Crippen LogP contribution in [-0.4, -0.2) is 36.3 Å². The van der Waals surface area contributed by atoms with Crippen LogP contribution in [0.25, 0.3) is 0 Å². The number of nitrogens with two attached hydrogens (primary N) is 1. The minimum Gasteiger partial charge on any atom is -0.450 e. The van der Waals surface area contributed by atoms with E-state index in [0.29, 0.717) is 0 Å². The van der Waals surface area contributed by atoms with Gasteiger partial charge in [0.2, 0.25) is 5.91 Å². The molecule has 0 radical (unpaired) electrons. The number of ketones is 1. The fourth-order valence-corrected chi connectivity index (χ4v) is 1.54. The standard InChI is InChI=1S/C13H21ClN2O4/c1-2-3-4-5-8-20-13(19)16-10(11(17)9-14)6-7-12(15)18/h6-7,10H,2-5,8-9H2,1H3,(H2,15,18)(H,16,19)/b7-6+.